The molecule has 136 valence electrons. The van der Waals surface area contributed by atoms with E-state index in [-0.39, 0.29) is 22.9 Å². The lowest BCUT2D eigenvalue weighted by atomic mass is 9.53. The number of esters is 1. The third-order valence-corrected chi connectivity index (χ3v) is 7.73. The molecule has 4 heterocycles. The van der Waals surface area contributed by atoms with Gasteiger partial charge in [-0.3, -0.25) is 4.90 Å². The van der Waals surface area contributed by atoms with E-state index in [1.807, 2.05) is 0 Å². The van der Waals surface area contributed by atoms with E-state index in [1.165, 1.54) is 12.7 Å². The second kappa shape index (κ2) is 4.90. The largest absolute Gasteiger partial charge is 0.466 e. The molecule has 1 aliphatic carbocycles. The summed E-state index contributed by atoms with van der Waals surface area (Å²) in [5.74, 6) is -0.179. The summed E-state index contributed by atoms with van der Waals surface area (Å²) in [5, 5.41) is 3.64. The van der Waals surface area contributed by atoms with Crippen molar-refractivity contribution in [3.05, 3.63) is 41.1 Å². The highest BCUT2D eigenvalue weighted by Gasteiger charge is 2.70. The van der Waals surface area contributed by atoms with Crippen molar-refractivity contribution in [1.82, 2.24) is 4.90 Å². The number of carbonyl (C=O) groups excluding carboxylic acids is 1. The molecule has 1 N–H and O–H groups in total. The van der Waals surface area contributed by atoms with Crippen LogP contribution in [0.4, 0.5) is 5.69 Å². The first-order valence-electron chi connectivity index (χ1n) is 9.75. The quantitative estimate of drug-likeness (QED) is 0.787. The lowest BCUT2D eigenvalue weighted by Gasteiger charge is -2.56. The zero-order chi connectivity index (χ0) is 17.5. The fourth-order valence-corrected chi connectivity index (χ4v) is 6.94. The van der Waals surface area contributed by atoms with Crippen LogP contribution in [0.1, 0.15) is 31.2 Å². The Kier molecular flexibility index (Phi) is 2.87. The summed E-state index contributed by atoms with van der Waals surface area (Å²) in [6.45, 7) is 3.00. The number of piperidine rings is 1. The number of rotatable bonds is 1. The Hall–Kier alpha value is -1.85. The number of hydrogen-bond acceptors (Lipinski definition) is 5. The number of para-hydroxylation sites is 1. The summed E-state index contributed by atoms with van der Waals surface area (Å²) in [6, 6.07) is 9.02. The summed E-state index contributed by atoms with van der Waals surface area (Å²) in [7, 11) is 1.50. The standard InChI is InChI=1S/C21H24N2O3/c1-25-18(24)13-12-20-8-11-26-16(20)6-9-23-10-7-21(19(20)23)14-4-2-3-5-15(14)22-17(13)21/h2-5,16,19,22H,6-12H2,1H3/t16-,19-,20+,21-/m0/s1. The van der Waals surface area contributed by atoms with Crippen molar-refractivity contribution in [2.45, 2.75) is 43.2 Å². The van der Waals surface area contributed by atoms with Gasteiger partial charge >= 0.3 is 5.97 Å². The molecule has 5 heteroatoms. The Balaban J connectivity index is 1.66. The van der Waals surface area contributed by atoms with Crippen molar-refractivity contribution in [3.8, 4) is 0 Å². The van der Waals surface area contributed by atoms with E-state index in [0.717, 1.165) is 62.3 Å². The van der Waals surface area contributed by atoms with Crippen molar-refractivity contribution in [2.75, 3.05) is 32.1 Å². The van der Waals surface area contributed by atoms with Gasteiger partial charge in [-0.05, 0) is 43.9 Å². The molecule has 5 aliphatic rings. The molecule has 4 atom stereocenters. The highest BCUT2D eigenvalue weighted by atomic mass is 16.5. The number of nitrogens with one attached hydrogen (secondary N) is 1. The molecule has 0 bridgehead atoms. The van der Waals surface area contributed by atoms with Crippen LogP contribution < -0.4 is 5.32 Å². The number of hydrogen-bond donors (Lipinski definition) is 1. The number of fused-ring (bicyclic) bond motifs is 1. The fourth-order valence-electron chi connectivity index (χ4n) is 6.94. The molecule has 5 nitrogen and oxygen atoms in total. The number of nitrogens with zero attached hydrogens (tertiary/aromatic N) is 1. The first kappa shape index (κ1) is 15.2. The molecule has 0 radical (unpaired) electrons. The van der Waals surface area contributed by atoms with Gasteiger partial charge in [0.2, 0.25) is 0 Å². The van der Waals surface area contributed by atoms with Crippen LogP contribution in [0.25, 0.3) is 0 Å². The molecule has 0 aromatic heterocycles. The number of carbonyl (C=O) groups is 1. The third-order valence-electron chi connectivity index (χ3n) is 7.73. The number of methoxy groups -OCH3 is 1. The second-order valence-corrected chi connectivity index (χ2v) is 8.48. The molecular weight excluding hydrogens is 328 g/mol. The first-order chi connectivity index (χ1) is 12.7. The molecule has 3 saturated heterocycles. The zero-order valence-corrected chi connectivity index (χ0v) is 15.1. The first-order valence-corrected chi connectivity index (χ1v) is 9.75. The Labute approximate surface area is 153 Å². The van der Waals surface area contributed by atoms with Gasteiger partial charge in [0.05, 0.1) is 24.2 Å². The Morgan fingerprint density at radius 2 is 2.19 bits per heavy atom. The minimum atomic E-state index is -0.179. The van der Waals surface area contributed by atoms with E-state index < -0.39 is 0 Å². The Bertz CT molecular complexity index is 849. The minimum Gasteiger partial charge on any atom is -0.466 e. The van der Waals surface area contributed by atoms with Gasteiger partial charge in [-0.15, -0.1) is 0 Å². The minimum absolute atomic E-state index is 0.0287. The molecule has 6 rings (SSSR count). The van der Waals surface area contributed by atoms with Crippen molar-refractivity contribution in [1.29, 1.82) is 0 Å². The van der Waals surface area contributed by atoms with E-state index in [2.05, 4.69) is 34.5 Å². The lowest BCUT2D eigenvalue weighted by Crippen LogP contribution is -2.63. The van der Waals surface area contributed by atoms with Crippen LogP contribution in [-0.4, -0.2) is 49.8 Å². The molecule has 4 aliphatic heterocycles. The van der Waals surface area contributed by atoms with Gasteiger partial charge in [0.25, 0.3) is 0 Å². The van der Waals surface area contributed by atoms with Crippen LogP contribution in [0.5, 0.6) is 0 Å². The summed E-state index contributed by atoms with van der Waals surface area (Å²) >= 11 is 0. The number of ether oxygens (including phenoxy) is 2. The summed E-state index contributed by atoms with van der Waals surface area (Å²) in [6.07, 6.45) is 4.20. The molecule has 1 aromatic carbocycles. The normalized spacial score (nSPS) is 39.7. The summed E-state index contributed by atoms with van der Waals surface area (Å²) < 4.78 is 11.4. The summed E-state index contributed by atoms with van der Waals surface area (Å²) in [4.78, 5) is 15.5. The second-order valence-electron chi connectivity index (χ2n) is 8.48. The Morgan fingerprint density at radius 1 is 1.31 bits per heavy atom. The highest BCUT2D eigenvalue weighted by Crippen LogP contribution is 2.66. The topological polar surface area (TPSA) is 50.8 Å². The average Bonchev–Trinajstić information content (AvgIpc) is 3.35. The van der Waals surface area contributed by atoms with Gasteiger partial charge in [0, 0.05) is 36.0 Å². The molecule has 2 spiro atoms. The van der Waals surface area contributed by atoms with Crippen LogP contribution in [0.15, 0.2) is 35.5 Å². The van der Waals surface area contributed by atoms with Gasteiger partial charge in [-0.25, -0.2) is 4.79 Å². The van der Waals surface area contributed by atoms with Crippen LogP contribution in [0.2, 0.25) is 0 Å². The van der Waals surface area contributed by atoms with Crippen molar-refractivity contribution in [3.63, 3.8) is 0 Å². The maximum absolute atomic E-state index is 12.8. The predicted molar refractivity (Wildman–Crippen MR) is 96.8 cm³/mol. The van der Waals surface area contributed by atoms with E-state index in [9.17, 15) is 4.79 Å². The van der Waals surface area contributed by atoms with Gasteiger partial charge in [0.15, 0.2) is 0 Å². The number of benzene rings is 1. The fraction of sp³-hybridized carbons (Fsp3) is 0.571. The smallest absolute Gasteiger partial charge is 0.335 e. The van der Waals surface area contributed by atoms with Crippen LogP contribution in [0, 0.1) is 5.41 Å². The van der Waals surface area contributed by atoms with Crippen molar-refractivity contribution in [2.24, 2.45) is 5.41 Å². The van der Waals surface area contributed by atoms with Gasteiger partial charge in [-0.2, -0.15) is 0 Å². The third kappa shape index (κ3) is 1.54. The predicted octanol–water partition coefficient (Wildman–Crippen LogP) is 2.43. The van der Waals surface area contributed by atoms with E-state index in [0.29, 0.717) is 6.04 Å². The summed E-state index contributed by atoms with van der Waals surface area (Å²) in [5.41, 5.74) is 4.38. The molecule has 0 unspecified atom stereocenters. The molecule has 0 saturated carbocycles. The van der Waals surface area contributed by atoms with Crippen LogP contribution in [0.3, 0.4) is 0 Å². The maximum Gasteiger partial charge on any atom is 0.335 e. The van der Waals surface area contributed by atoms with Gasteiger partial charge in [-0.1, -0.05) is 18.2 Å². The average molecular weight is 352 g/mol. The SMILES string of the molecule is COC(=O)C1=C2Nc3ccccc3[C@@]23CCN2CC[C@@H]4OCC[C@]4(C1)[C@H]23. The van der Waals surface area contributed by atoms with Crippen molar-refractivity contribution < 1.29 is 14.3 Å². The molecular formula is C21H24N2O3. The zero-order valence-electron chi connectivity index (χ0n) is 15.1. The van der Waals surface area contributed by atoms with Crippen LogP contribution in [-0.2, 0) is 19.7 Å². The lowest BCUT2D eigenvalue weighted by molar-refractivity contribution is -0.138. The van der Waals surface area contributed by atoms with Crippen molar-refractivity contribution >= 4 is 11.7 Å². The maximum atomic E-state index is 12.8. The molecule has 3 fully saturated rings. The van der Waals surface area contributed by atoms with Crippen LogP contribution >= 0.6 is 0 Å². The van der Waals surface area contributed by atoms with Gasteiger partial charge in [0.1, 0.15) is 0 Å². The molecule has 26 heavy (non-hydrogen) atoms. The van der Waals surface area contributed by atoms with Gasteiger partial charge < -0.3 is 14.8 Å². The molecule has 0 amide bonds. The molecule has 1 aromatic rings. The highest BCUT2D eigenvalue weighted by molar-refractivity contribution is 5.93. The number of anilines is 1. The monoisotopic (exact) mass is 352 g/mol. The van der Waals surface area contributed by atoms with E-state index >= 15 is 0 Å². The van der Waals surface area contributed by atoms with E-state index in [4.69, 9.17) is 9.47 Å². The Morgan fingerprint density at radius 3 is 3.08 bits per heavy atom. The van der Waals surface area contributed by atoms with E-state index in [1.54, 1.807) is 0 Å².